The number of carbonyl (C=O) groups is 1. The van der Waals surface area contributed by atoms with E-state index < -0.39 is 11.9 Å². The lowest BCUT2D eigenvalue weighted by atomic mass is 9.91. The molecule has 0 aliphatic heterocycles. The lowest BCUT2D eigenvalue weighted by Gasteiger charge is -2.13. The van der Waals surface area contributed by atoms with Crippen molar-refractivity contribution in [1.29, 1.82) is 0 Å². The van der Waals surface area contributed by atoms with Crippen molar-refractivity contribution in [2.24, 2.45) is 7.05 Å². The molecule has 2 aromatic carbocycles. The van der Waals surface area contributed by atoms with E-state index >= 15 is 0 Å². The van der Waals surface area contributed by atoms with Crippen molar-refractivity contribution >= 4 is 28.6 Å². The number of thioether (sulfide) groups is 1. The van der Waals surface area contributed by atoms with E-state index in [0.29, 0.717) is 0 Å². The van der Waals surface area contributed by atoms with E-state index in [0.717, 1.165) is 26.9 Å². The zero-order valence-electron chi connectivity index (χ0n) is 12.5. The highest BCUT2D eigenvalue weighted by atomic mass is 32.2. The van der Waals surface area contributed by atoms with Gasteiger partial charge < -0.3 is 9.67 Å². The van der Waals surface area contributed by atoms with Crippen LogP contribution < -0.4 is 0 Å². The zero-order chi connectivity index (χ0) is 15.7. The highest BCUT2D eigenvalue weighted by molar-refractivity contribution is 7.98. The van der Waals surface area contributed by atoms with Crippen LogP contribution in [-0.2, 0) is 11.8 Å². The Bertz CT molecular complexity index is 821. The second-order valence-corrected chi connectivity index (χ2v) is 6.14. The van der Waals surface area contributed by atoms with Crippen LogP contribution in [0.25, 0.3) is 10.9 Å². The number of fused-ring (bicyclic) bond motifs is 1. The number of rotatable bonds is 4. The quantitative estimate of drug-likeness (QED) is 0.737. The molecule has 0 aliphatic carbocycles. The number of aryl methyl sites for hydroxylation is 1. The van der Waals surface area contributed by atoms with E-state index in [4.69, 9.17) is 0 Å². The third kappa shape index (κ3) is 2.50. The van der Waals surface area contributed by atoms with Gasteiger partial charge in [-0.15, -0.1) is 11.8 Å². The predicted octanol–water partition coefficient (Wildman–Crippen LogP) is 4.12. The van der Waals surface area contributed by atoms with E-state index in [1.54, 1.807) is 11.8 Å². The number of carboxylic acid groups (broad SMARTS) is 1. The SMILES string of the molecule is CSc1ccc(C(C(=O)O)c2cn(C)c3ccccc23)cc1. The lowest BCUT2D eigenvalue weighted by Crippen LogP contribution is -2.12. The van der Waals surface area contributed by atoms with Crippen LogP contribution in [0.3, 0.4) is 0 Å². The predicted molar refractivity (Wildman–Crippen MR) is 90.6 cm³/mol. The Balaban J connectivity index is 2.16. The van der Waals surface area contributed by atoms with Crippen LogP contribution in [0, 0.1) is 0 Å². The molecule has 0 radical (unpaired) electrons. The largest absolute Gasteiger partial charge is 0.481 e. The van der Waals surface area contributed by atoms with Crippen molar-refractivity contribution in [3.63, 3.8) is 0 Å². The van der Waals surface area contributed by atoms with E-state index in [9.17, 15) is 9.90 Å². The van der Waals surface area contributed by atoms with Crippen LogP contribution in [0.4, 0.5) is 0 Å². The summed E-state index contributed by atoms with van der Waals surface area (Å²) in [4.78, 5) is 13.0. The molecule has 0 spiro atoms. The van der Waals surface area contributed by atoms with Crippen molar-refractivity contribution in [2.75, 3.05) is 6.26 Å². The first-order valence-electron chi connectivity index (χ1n) is 7.02. The van der Waals surface area contributed by atoms with Crippen LogP contribution in [0.5, 0.6) is 0 Å². The van der Waals surface area contributed by atoms with Crippen molar-refractivity contribution < 1.29 is 9.90 Å². The third-order valence-electron chi connectivity index (χ3n) is 3.93. The van der Waals surface area contributed by atoms with E-state index in [-0.39, 0.29) is 0 Å². The summed E-state index contributed by atoms with van der Waals surface area (Å²) in [6.07, 6.45) is 3.93. The van der Waals surface area contributed by atoms with Crippen LogP contribution in [0.1, 0.15) is 17.0 Å². The molecule has 3 aromatic rings. The smallest absolute Gasteiger partial charge is 0.315 e. The molecule has 1 atom stereocenters. The topological polar surface area (TPSA) is 42.2 Å². The summed E-state index contributed by atoms with van der Waals surface area (Å²) in [6.45, 7) is 0. The van der Waals surface area contributed by atoms with Gasteiger partial charge >= 0.3 is 5.97 Å². The number of aromatic nitrogens is 1. The van der Waals surface area contributed by atoms with Gasteiger partial charge in [0, 0.05) is 29.0 Å². The van der Waals surface area contributed by atoms with Gasteiger partial charge in [-0.1, -0.05) is 30.3 Å². The minimum atomic E-state index is -0.826. The zero-order valence-corrected chi connectivity index (χ0v) is 13.3. The molecular weight excluding hydrogens is 294 g/mol. The summed E-state index contributed by atoms with van der Waals surface area (Å²) in [6, 6.07) is 15.7. The summed E-state index contributed by atoms with van der Waals surface area (Å²) in [7, 11) is 1.95. The second-order valence-electron chi connectivity index (χ2n) is 5.26. The Labute approximate surface area is 133 Å². The summed E-state index contributed by atoms with van der Waals surface area (Å²) in [5.41, 5.74) is 2.69. The van der Waals surface area contributed by atoms with Gasteiger partial charge in [0.25, 0.3) is 0 Å². The number of para-hydroxylation sites is 1. The van der Waals surface area contributed by atoms with Gasteiger partial charge in [0.1, 0.15) is 5.92 Å². The number of hydrogen-bond acceptors (Lipinski definition) is 2. The first kappa shape index (κ1) is 14.7. The first-order valence-corrected chi connectivity index (χ1v) is 8.25. The summed E-state index contributed by atoms with van der Waals surface area (Å²) >= 11 is 1.65. The molecule has 0 amide bonds. The lowest BCUT2D eigenvalue weighted by molar-refractivity contribution is -0.137. The van der Waals surface area contributed by atoms with Crippen LogP contribution in [0.2, 0.25) is 0 Å². The maximum atomic E-state index is 11.9. The Kier molecular flexibility index (Phi) is 3.94. The maximum Gasteiger partial charge on any atom is 0.315 e. The minimum absolute atomic E-state index is 0.651. The summed E-state index contributed by atoms with van der Waals surface area (Å²) in [5, 5.41) is 10.8. The number of aliphatic carboxylic acids is 1. The number of nitrogens with zero attached hydrogens (tertiary/aromatic N) is 1. The van der Waals surface area contributed by atoms with Crippen molar-refractivity contribution in [2.45, 2.75) is 10.8 Å². The Morgan fingerprint density at radius 1 is 1.14 bits per heavy atom. The van der Waals surface area contributed by atoms with E-state index in [1.165, 1.54) is 0 Å². The maximum absolute atomic E-state index is 11.9. The van der Waals surface area contributed by atoms with Gasteiger partial charge in [-0.3, -0.25) is 4.79 Å². The molecule has 3 rings (SSSR count). The van der Waals surface area contributed by atoms with Crippen molar-refractivity contribution in [3.8, 4) is 0 Å². The van der Waals surface area contributed by atoms with E-state index in [2.05, 4.69) is 0 Å². The molecule has 1 unspecified atom stereocenters. The first-order chi connectivity index (χ1) is 10.6. The number of benzene rings is 2. The van der Waals surface area contributed by atoms with Gasteiger partial charge in [0.05, 0.1) is 0 Å². The monoisotopic (exact) mass is 311 g/mol. The second kappa shape index (κ2) is 5.89. The van der Waals surface area contributed by atoms with Gasteiger partial charge in [0.2, 0.25) is 0 Å². The molecule has 1 heterocycles. The molecule has 0 bridgehead atoms. The third-order valence-corrected chi connectivity index (χ3v) is 4.68. The molecule has 0 saturated heterocycles. The molecule has 4 heteroatoms. The average molecular weight is 311 g/mol. The standard InChI is InChI=1S/C18H17NO2S/c1-19-11-15(14-5-3-4-6-16(14)19)17(18(20)21)12-7-9-13(22-2)10-8-12/h3-11,17H,1-2H3,(H,20,21). The summed E-state index contributed by atoms with van der Waals surface area (Å²) < 4.78 is 1.98. The van der Waals surface area contributed by atoms with Gasteiger partial charge in [-0.2, -0.15) is 0 Å². The van der Waals surface area contributed by atoms with Crippen LogP contribution >= 0.6 is 11.8 Å². The molecule has 22 heavy (non-hydrogen) atoms. The van der Waals surface area contributed by atoms with Crippen LogP contribution in [-0.4, -0.2) is 21.9 Å². The van der Waals surface area contributed by atoms with Gasteiger partial charge in [-0.05, 0) is 35.6 Å². The van der Waals surface area contributed by atoms with E-state index in [1.807, 2.05) is 72.6 Å². The fraction of sp³-hybridized carbons (Fsp3) is 0.167. The molecule has 0 fully saturated rings. The number of hydrogen-bond donors (Lipinski definition) is 1. The highest BCUT2D eigenvalue weighted by Gasteiger charge is 2.25. The summed E-state index contributed by atoms with van der Waals surface area (Å²) in [5.74, 6) is -1.48. The Morgan fingerprint density at radius 2 is 1.82 bits per heavy atom. The molecule has 1 N–H and O–H groups in total. The molecule has 0 aliphatic rings. The normalized spacial score (nSPS) is 12.5. The van der Waals surface area contributed by atoms with Gasteiger partial charge in [-0.25, -0.2) is 0 Å². The molecular formula is C18H17NO2S. The Morgan fingerprint density at radius 3 is 2.45 bits per heavy atom. The van der Waals surface area contributed by atoms with Gasteiger partial charge in [0.15, 0.2) is 0 Å². The highest BCUT2D eigenvalue weighted by Crippen LogP contribution is 2.33. The molecule has 0 saturated carbocycles. The number of carboxylic acids is 1. The Hall–Kier alpha value is -2.20. The fourth-order valence-electron chi connectivity index (χ4n) is 2.85. The minimum Gasteiger partial charge on any atom is -0.481 e. The fourth-order valence-corrected chi connectivity index (χ4v) is 3.26. The molecule has 112 valence electrons. The van der Waals surface area contributed by atoms with Crippen molar-refractivity contribution in [3.05, 3.63) is 65.9 Å². The molecule has 1 aromatic heterocycles. The molecule has 3 nitrogen and oxygen atoms in total. The van der Waals surface area contributed by atoms with Crippen molar-refractivity contribution in [1.82, 2.24) is 4.57 Å². The average Bonchev–Trinajstić information content (AvgIpc) is 2.85. The van der Waals surface area contributed by atoms with Crippen LogP contribution in [0.15, 0.2) is 59.6 Å².